The summed E-state index contributed by atoms with van der Waals surface area (Å²) in [5.74, 6) is 0.462. The van der Waals surface area contributed by atoms with E-state index in [-0.39, 0.29) is 5.43 Å². The van der Waals surface area contributed by atoms with E-state index in [0.29, 0.717) is 25.4 Å². The molecular weight excluding hydrogens is 410 g/mol. The first-order valence-electron chi connectivity index (χ1n) is 13.9. The van der Waals surface area contributed by atoms with Gasteiger partial charge in [-0.1, -0.05) is 103 Å². The van der Waals surface area contributed by atoms with Crippen molar-refractivity contribution in [1.82, 2.24) is 9.88 Å². The molecule has 0 aliphatic heterocycles. The summed E-state index contributed by atoms with van der Waals surface area (Å²) in [7, 11) is 1.96. The molecule has 33 heavy (non-hydrogen) atoms. The maximum Gasteiger partial charge on any atom is 0.223 e. The molecule has 0 saturated heterocycles. The van der Waals surface area contributed by atoms with Crippen molar-refractivity contribution in [2.24, 2.45) is 12.8 Å². The highest BCUT2D eigenvalue weighted by Crippen LogP contribution is 2.14. The van der Waals surface area contributed by atoms with E-state index in [2.05, 4.69) is 12.2 Å². The molecule has 5 nitrogen and oxygen atoms in total. The quantitative estimate of drug-likeness (QED) is 0.183. The molecule has 0 radical (unpaired) electrons. The third-order valence-electron chi connectivity index (χ3n) is 6.42. The lowest BCUT2D eigenvalue weighted by molar-refractivity contribution is 0.299. The van der Waals surface area contributed by atoms with Crippen molar-refractivity contribution >= 4 is 0 Å². The number of unbranched alkanes of at least 4 members (excludes halogenated alkanes) is 15. The zero-order chi connectivity index (χ0) is 24.0. The number of aromatic nitrogens is 1. The monoisotopic (exact) mass is 463 g/mol. The van der Waals surface area contributed by atoms with Crippen LogP contribution in [0.25, 0.3) is 0 Å². The SMILES string of the molecule is CCCCCCCCCCCCCCCCCCOc1cn(C)c(CNCCCN)cc1=O. The number of ether oxygens (including phenoxy) is 1. The zero-order valence-electron chi connectivity index (χ0n) is 21.8. The molecule has 0 saturated carbocycles. The van der Waals surface area contributed by atoms with Crippen LogP contribution in [0.15, 0.2) is 17.1 Å². The average molecular weight is 464 g/mol. The third kappa shape index (κ3) is 16.0. The van der Waals surface area contributed by atoms with Gasteiger partial charge in [-0.05, 0) is 25.9 Å². The molecule has 1 aromatic heterocycles. The van der Waals surface area contributed by atoms with Crippen molar-refractivity contribution in [2.75, 3.05) is 19.7 Å². The largest absolute Gasteiger partial charge is 0.488 e. The lowest BCUT2D eigenvalue weighted by Gasteiger charge is -2.12. The smallest absolute Gasteiger partial charge is 0.223 e. The fourth-order valence-electron chi connectivity index (χ4n) is 4.21. The summed E-state index contributed by atoms with van der Waals surface area (Å²) >= 11 is 0. The molecule has 0 aliphatic carbocycles. The fraction of sp³-hybridized carbons (Fsp3) is 0.821. The normalized spacial score (nSPS) is 11.2. The van der Waals surface area contributed by atoms with Gasteiger partial charge in [0.25, 0.3) is 0 Å². The van der Waals surface area contributed by atoms with E-state index in [4.69, 9.17) is 10.5 Å². The Morgan fingerprint density at radius 2 is 1.33 bits per heavy atom. The van der Waals surface area contributed by atoms with Crippen molar-refractivity contribution in [3.63, 3.8) is 0 Å². The van der Waals surface area contributed by atoms with E-state index in [0.717, 1.165) is 25.1 Å². The summed E-state index contributed by atoms with van der Waals surface area (Å²) in [5, 5.41) is 3.31. The molecule has 5 heteroatoms. The van der Waals surface area contributed by atoms with Gasteiger partial charge in [0.2, 0.25) is 5.43 Å². The number of hydrogen-bond acceptors (Lipinski definition) is 4. The average Bonchev–Trinajstić information content (AvgIpc) is 2.81. The van der Waals surface area contributed by atoms with Crippen LogP contribution < -0.4 is 21.2 Å². The molecule has 0 aromatic carbocycles. The van der Waals surface area contributed by atoms with E-state index >= 15 is 0 Å². The molecule has 1 rings (SSSR count). The van der Waals surface area contributed by atoms with E-state index < -0.39 is 0 Å². The van der Waals surface area contributed by atoms with Crippen LogP contribution >= 0.6 is 0 Å². The number of nitrogens with zero attached hydrogens (tertiary/aromatic N) is 1. The van der Waals surface area contributed by atoms with Gasteiger partial charge in [0.15, 0.2) is 5.75 Å². The van der Waals surface area contributed by atoms with E-state index in [1.165, 1.54) is 96.3 Å². The molecule has 0 unspecified atom stereocenters. The lowest BCUT2D eigenvalue weighted by Crippen LogP contribution is -2.22. The minimum atomic E-state index is -0.0276. The Balaban J connectivity index is 1.96. The van der Waals surface area contributed by atoms with E-state index in [1.807, 2.05) is 17.8 Å². The predicted octanol–water partition coefficient (Wildman–Crippen LogP) is 6.46. The molecule has 1 aromatic rings. The first-order chi connectivity index (χ1) is 16.2. The second-order valence-corrected chi connectivity index (χ2v) is 9.57. The van der Waals surface area contributed by atoms with E-state index in [9.17, 15) is 4.79 Å². The molecule has 0 amide bonds. The number of pyridine rings is 1. The number of rotatable bonds is 23. The molecule has 192 valence electrons. The Morgan fingerprint density at radius 1 is 0.818 bits per heavy atom. The van der Waals surface area contributed by atoms with Crippen molar-refractivity contribution in [2.45, 2.75) is 123 Å². The van der Waals surface area contributed by atoms with Gasteiger partial charge >= 0.3 is 0 Å². The third-order valence-corrected chi connectivity index (χ3v) is 6.42. The van der Waals surface area contributed by atoms with Gasteiger partial charge in [-0.2, -0.15) is 0 Å². The van der Waals surface area contributed by atoms with Gasteiger partial charge in [-0.25, -0.2) is 0 Å². The summed E-state index contributed by atoms with van der Waals surface area (Å²) in [5.41, 5.74) is 6.44. The molecule has 0 atom stereocenters. The minimum Gasteiger partial charge on any atom is -0.488 e. The highest BCUT2D eigenvalue weighted by molar-refractivity contribution is 5.21. The topological polar surface area (TPSA) is 69.3 Å². The summed E-state index contributed by atoms with van der Waals surface area (Å²) in [4.78, 5) is 12.3. The summed E-state index contributed by atoms with van der Waals surface area (Å²) in [6, 6.07) is 1.68. The van der Waals surface area contributed by atoms with Crippen LogP contribution in [-0.2, 0) is 13.6 Å². The highest BCUT2D eigenvalue weighted by Gasteiger charge is 2.05. The number of nitrogens with one attached hydrogen (secondary N) is 1. The van der Waals surface area contributed by atoms with Crippen LogP contribution in [0.2, 0.25) is 0 Å². The van der Waals surface area contributed by atoms with Gasteiger partial charge in [-0.3, -0.25) is 4.79 Å². The van der Waals surface area contributed by atoms with Crippen LogP contribution in [0.3, 0.4) is 0 Å². The molecular formula is C28H53N3O2. The number of nitrogens with two attached hydrogens (primary N) is 1. The zero-order valence-corrected chi connectivity index (χ0v) is 21.8. The Labute approximate surface area is 203 Å². The van der Waals surface area contributed by atoms with Crippen LogP contribution in [-0.4, -0.2) is 24.3 Å². The van der Waals surface area contributed by atoms with Gasteiger partial charge < -0.3 is 20.4 Å². The van der Waals surface area contributed by atoms with Crippen LogP contribution in [0, 0.1) is 0 Å². The van der Waals surface area contributed by atoms with Crippen molar-refractivity contribution < 1.29 is 4.74 Å². The second-order valence-electron chi connectivity index (χ2n) is 9.57. The predicted molar refractivity (Wildman–Crippen MR) is 142 cm³/mol. The molecule has 0 spiro atoms. The van der Waals surface area contributed by atoms with Gasteiger partial charge in [0.05, 0.1) is 12.8 Å². The number of hydrogen-bond donors (Lipinski definition) is 2. The molecule has 0 aliphatic rings. The van der Waals surface area contributed by atoms with Crippen molar-refractivity contribution in [3.8, 4) is 5.75 Å². The van der Waals surface area contributed by atoms with Gasteiger partial charge in [0, 0.05) is 25.4 Å². The molecule has 0 bridgehead atoms. The first kappa shape index (κ1) is 29.7. The van der Waals surface area contributed by atoms with Crippen molar-refractivity contribution in [3.05, 3.63) is 28.2 Å². The standard InChI is InChI=1S/C28H53N3O2/c1-3-4-5-6-7-8-9-10-11-12-13-14-15-16-17-18-22-33-28-25-31(2)26(23-27(28)32)24-30-21-19-20-29/h23,25,30H,3-22,24,29H2,1-2H3. The first-order valence-corrected chi connectivity index (χ1v) is 13.9. The van der Waals surface area contributed by atoms with E-state index in [1.54, 1.807) is 6.07 Å². The molecule has 3 N–H and O–H groups in total. The Kier molecular flexibility index (Phi) is 19.1. The number of aryl methyl sites for hydroxylation is 1. The maximum atomic E-state index is 12.3. The van der Waals surface area contributed by atoms with Crippen LogP contribution in [0.4, 0.5) is 0 Å². The lowest BCUT2D eigenvalue weighted by atomic mass is 10.0. The van der Waals surface area contributed by atoms with Gasteiger partial charge in [0.1, 0.15) is 0 Å². The van der Waals surface area contributed by atoms with Gasteiger partial charge in [-0.15, -0.1) is 0 Å². The minimum absolute atomic E-state index is 0.0276. The van der Waals surface area contributed by atoms with Crippen LogP contribution in [0.5, 0.6) is 5.75 Å². The molecule has 0 fully saturated rings. The summed E-state index contributed by atoms with van der Waals surface area (Å²) in [6.45, 7) is 5.12. The van der Waals surface area contributed by atoms with Crippen molar-refractivity contribution in [1.29, 1.82) is 0 Å². The van der Waals surface area contributed by atoms with Crippen LogP contribution in [0.1, 0.15) is 122 Å². The summed E-state index contributed by atoms with van der Waals surface area (Å²) in [6.07, 6.45) is 24.5. The highest BCUT2D eigenvalue weighted by atomic mass is 16.5. The Morgan fingerprint density at radius 3 is 1.85 bits per heavy atom. The fourth-order valence-corrected chi connectivity index (χ4v) is 4.21. The second kappa shape index (κ2) is 21.2. The Bertz CT molecular complexity index is 630. The Hall–Kier alpha value is -1.33. The maximum absolute atomic E-state index is 12.3. The summed E-state index contributed by atoms with van der Waals surface area (Å²) < 4.78 is 7.74. The molecule has 1 heterocycles.